The van der Waals surface area contributed by atoms with Crippen molar-refractivity contribution in [3.8, 4) is 28.5 Å². The Morgan fingerprint density at radius 1 is 1.10 bits per heavy atom. The van der Waals surface area contributed by atoms with Gasteiger partial charge in [-0.15, -0.1) is 0 Å². The van der Waals surface area contributed by atoms with E-state index in [0.717, 1.165) is 0 Å². The van der Waals surface area contributed by atoms with Gasteiger partial charge in [-0.3, -0.25) is 4.79 Å². The minimum absolute atomic E-state index is 0.208. The van der Waals surface area contributed by atoms with Gasteiger partial charge in [0.2, 0.25) is 0 Å². The number of aromatic amines is 1. The summed E-state index contributed by atoms with van der Waals surface area (Å²) in [6.07, 6.45) is 0. The Hall–Kier alpha value is -2.54. The molecule has 0 aliphatic carbocycles. The van der Waals surface area contributed by atoms with E-state index in [2.05, 4.69) is 10.2 Å². The molecule has 0 radical (unpaired) electrons. The Morgan fingerprint density at radius 2 is 1.71 bits per heavy atom. The first kappa shape index (κ1) is 14.9. The molecule has 0 saturated carbocycles. The Morgan fingerprint density at radius 3 is 2.19 bits per heavy atom. The number of H-pyrrole nitrogens is 1. The van der Waals surface area contributed by atoms with E-state index in [1.165, 1.54) is 27.4 Å². The Balaban J connectivity index is 2.69. The molecular formula is C14H16N2O5. The van der Waals surface area contributed by atoms with Gasteiger partial charge in [-0.05, 0) is 6.07 Å². The third-order valence-corrected chi connectivity index (χ3v) is 3.02. The molecule has 0 amide bonds. The SMILES string of the molecule is COc1cc(OC)c(-c2cc(CO)c(=O)[nH]n2)c(OC)c1. The van der Waals surface area contributed by atoms with Crippen LogP contribution < -0.4 is 19.8 Å². The lowest BCUT2D eigenvalue weighted by atomic mass is 10.1. The van der Waals surface area contributed by atoms with Crippen molar-refractivity contribution in [3.63, 3.8) is 0 Å². The van der Waals surface area contributed by atoms with Gasteiger partial charge < -0.3 is 19.3 Å². The van der Waals surface area contributed by atoms with Crippen molar-refractivity contribution in [3.05, 3.63) is 34.1 Å². The predicted octanol–water partition coefficient (Wildman–Crippen LogP) is 0.955. The molecule has 0 bridgehead atoms. The summed E-state index contributed by atoms with van der Waals surface area (Å²) < 4.78 is 15.8. The van der Waals surface area contributed by atoms with Gasteiger partial charge >= 0.3 is 0 Å². The van der Waals surface area contributed by atoms with E-state index in [9.17, 15) is 9.90 Å². The first-order valence-electron chi connectivity index (χ1n) is 6.14. The Bertz CT molecular complexity index is 671. The molecule has 7 heteroatoms. The smallest absolute Gasteiger partial charge is 0.269 e. The van der Waals surface area contributed by atoms with Crippen molar-refractivity contribution in [2.24, 2.45) is 0 Å². The van der Waals surface area contributed by atoms with Crippen LogP contribution in [0.3, 0.4) is 0 Å². The molecule has 0 saturated heterocycles. The molecule has 2 rings (SSSR count). The fourth-order valence-electron chi connectivity index (χ4n) is 1.95. The van der Waals surface area contributed by atoms with Crippen molar-refractivity contribution in [2.75, 3.05) is 21.3 Å². The molecule has 2 aromatic rings. The first-order valence-corrected chi connectivity index (χ1v) is 6.14. The third-order valence-electron chi connectivity index (χ3n) is 3.02. The maximum Gasteiger partial charge on any atom is 0.269 e. The Labute approximate surface area is 121 Å². The lowest BCUT2D eigenvalue weighted by Gasteiger charge is -2.14. The van der Waals surface area contributed by atoms with Gasteiger partial charge in [0.05, 0.1) is 39.2 Å². The molecule has 0 fully saturated rings. The molecule has 2 N–H and O–H groups in total. The van der Waals surface area contributed by atoms with Crippen LogP contribution in [0.1, 0.15) is 5.56 Å². The summed E-state index contributed by atoms with van der Waals surface area (Å²) in [5, 5.41) is 15.5. The number of hydrogen-bond donors (Lipinski definition) is 2. The Kier molecular flexibility index (Phi) is 4.44. The summed E-state index contributed by atoms with van der Waals surface area (Å²) in [7, 11) is 4.56. The van der Waals surface area contributed by atoms with Crippen molar-refractivity contribution in [2.45, 2.75) is 6.61 Å². The highest BCUT2D eigenvalue weighted by Crippen LogP contribution is 2.40. The van der Waals surface area contributed by atoms with Crippen LogP contribution in [0, 0.1) is 0 Å². The van der Waals surface area contributed by atoms with Crippen molar-refractivity contribution in [1.82, 2.24) is 10.2 Å². The second-order valence-corrected chi connectivity index (χ2v) is 4.17. The maximum absolute atomic E-state index is 11.5. The number of aromatic nitrogens is 2. The topological polar surface area (TPSA) is 93.7 Å². The molecule has 0 aliphatic rings. The zero-order valence-corrected chi connectivity index (χ0v) is 12.0. The average molecular weight is 292 g/mol. The van der Waals surface area contributed by atoms with E-state index in [4.69, 9.17) is 14.2 Å². The summed E-state index contributed by atoms with van der Waals surface area (Å²) in [5.74, 6) is 1.53. The summed E-state index contributed by atoms with van der Waals surface area (Å²) in [6.45, 7) is -0.383. The third kappa shape index (κ3) is 2.82. The van der Waals surface area contributed by atoms with E-state index in [0.29, 0.717) is 28.5 Å². The minimum Gasteiger partial charge on any atom is -0.496 e. The van der Waals surface area contributed by atoms with Gasteiger partial charge in [0, 0.05) is 17.7 Å². The lowest BCUT2D eigenvalue weighted by Crippen LogP contribution is -2.14. The molecule has 1 heterocycles. The standard InChI is InChI=1S/C14H16N2O5/c1-19-9-5-11(20-2)13(12(6-9)21-3)10-4-8(7-17)14(18)16-15-10/h4-6,17H,7H2,1-3H3,(H,16,18). The van der Waals surface area contributed by atoms with Crippen LogP contribution in [0.5, 0.6) is 17.2 Å². The number of aliphatic hydroxyl groups excluding tert-OH is 1. The first-order chi connectivity index (χ1) is 10.1. The molecule has 0 spiro atoms. The van der Waals surface area contributed by atoms with E-state index >= 15 is 0 Å². The zero-order valence-electron chi connectivity index (χ0n) is 12.0. The van der Waals surface area contributed by atoms with Crippen molar-refractivity contribution in [1.29, 1.82) is 0 Å². The normalized spacial score (nSPS) is 10.3. The molecular weight excluding hydrogens is 276 g/mol. The highest BCUT2D eigenvalue weighted by atomic mass is 16.5. The minimum atomic E-state index is -0.437. The monoisotopic (exact) mass is 292 g/mol. The molecule has 0 aliphatic heterocycles. The number of aliphatic hydroxyl groups is 1. The van der Waals surface area contributed by atoms with Gasteiger partial charge in [-0.1, -0.05) is 0 Å². The molecule has 21 heavy (non-hydrogen) atoms. The number of benzene rings is 1. The zero-order chi connectivity index (χ0) is 15.4. The summed E-state index contributed by atoms with van der Waals surface area (Å²) in [6, 6.07) is 4.86. The number of methoxy groups -OCH3 is 3. The number of hydrogen-bond acceptors (Lipinski definition) is 6. The largest absolute Gasteiger partial charge is 0.496 e. The fraction of sp³-hybridized carbons (Fsp3) is 0.286. The van der Waals surface area contributed by atoms with Gasteiger partial charge in [-0.25, -0.2) is 5.10 Å². The highest BCUT2D eigenvalue weighted by Gasteiger charge is 2.17. The summed E-state index contributed by atoms with van der Waals surface area (Å²) in [4.78, 5) is 11.5. The van der Waals surface area contributed by atoms with E-state index in [-0.39, 0.29) is 12.2 Å². The van der Waals surface area contributed by atoms with Crippen LogP contribution in [-0.4, -0.2) is 36.6 Å². The second-order valence-electron chi connectivity index (χ2n) is 4.17. The number of ether oxygens (including phenoxy) is 3. The average Bonchev–Trinajstić information content (AvgIpc) is 2.54. The van der Waals surface area contributed by atoms with Crippen molar-refractivity contribution < 1.29 is 19.3 Å². The second kappa shape index (κ2) is 6.27. The summed E-state index contributed by atoms with van der Waals surface area (Å²) >= 11 is 0. The van der Waals surface area contributed by atoms with Crippen LogP contribution in [0.2, 0.25) is 0 Å². The number of nitrogens with zero attached hydrogens (tertiary/aromatic N) is 1. The van der Waals surface area contributed by atoms with Crippen LogP contribution in [0.15, 0.2) is 23.0 Å². The fourth-order valence-corrected chi connectivity index (χ4v) is 1.95. The lowest BCUT2D eigenvalue weighted by molar-refractivity contribution is 0.280. The van der Waals surface area contributed by atoms with Gasteiger partial charge in [0.1, 0.15) is 17.2 Å². The van der Waals surface area contributed by atoms with Crippen LogP contribution in [0.4, 0.5) is 0 Å². The highest BCUT2D eigenvalue weighted by molar-refractivity contribution is 5.75. The van der Waals surface area contributed by atoms with Crippen LogP contribution >= 0.6 is 0 Å². The van der Waals surface area contributed by atoms with E-state index in [1.807, 2.05) is 0 Å². The summed E-state index contributed by atoms with van der Waals surface area (Å²) in [5.41, 5.74) is 0.759. The molecule has 0 atom stereocenters. The molecule has 7 nitrogen and oxygen atoms in total. The molecule has 112 valence electrons. The quantitative estimate of drug-likeness (QED) is 0.852. The predicted molar refractivity (Wildman–Crippen MR) is 75.9 cm³/mol. The van der Waals surface area contributed by atoms with E-state index < -0.39 is 5.56 Å². The molecule has 1 aromatic carbocycles. The van der Waals surface area contributed by atoms with Gasteiger partial charge in [-0.2, -0.15) is 5.10 Å². The van der Waals surface area contributed by atoms with Crippen LogP contribution in [-0.2, 0) is 6.61 Å². The molecule has 1 aromatic heterocycles. The van der Waals surface area contributed by atoms with E-state index in [1.54, 1.807) is 12.1 Å². The number of nitrogens with one attached hydrogen (secondary N) is 1. The van der Waals surface area contributed by atoms with Gasteiger partial charge in [0.15, 0.2) is 0 Å². The van der Waals surface area contributed by atoms with Crippen molar-refractivity contribution >= 4 is 0 Å². The van der Waals surface area contributed by atoms with Crippen LogP contribution in [0.25, 0.3) is 11.3 Å². The maximum atomic E-state index is 11.5. The number of rotatable bonds is 5. The van der Waals surface area contributed by atoms with Gasteiger partial charge in [0.25, 0.3) is 5.56 Å². The molecule has 0 unspecified atom stereocenters.